The van der Waals surface area contributed by atoms with Crippen LogP contribution in [0.2, 0.25) is 0 Å². The van der Waals surface area contributed by atoms with Gasteiger partial charge >= 0.3 is 0 Å². The highest BCUT2D eigenvalue weighted by Crippen LogP contribution is 2.28. The number of benzene rings is 1. The molecule has 1 aromatic rings. The second-order valence-corrected chi connectivity index (χ2v) is 4.58. The molecule has 4 heteroatoms. The predicted molar refractivity (Wildman–Crippen MR) is 63.5 cm³/mol. The SMILES string of the molecule is CC(C)C(NN)c1cc(Br)ccc1N. The number of rotatable bonds is 3. The van der Waals surface area contributed by atoms with Gasteiger partial charge in [-0.25, -0.2) is 0 Å². The normalized spacial score (nSPS) is 13.2. The molecule has 0 aromatic heterocycles. The third kappa shape index (κ3) is 2.47. The third-order valence-corrected chi connectivity index (χ3v) is 2.72. The Kier molecular flexibility index (Phi) is 3.92. The van der Waals surface area contributed by atoms with Crippen molar-refractivity contribution in [3.05, 3.63) is 28.2 Å². The van der Waals surface area contributed by atoms with Crippen LogP contribution in [0.15, 0.2) is 22.7 Å². The molecule has 0 spiro atoms. The van der Waals surface area contributed by atoms with Crippen molar-refractivity contribution in [1.82, 2.24) is 5.43 Å². The second-order valence-electron chi connectivity index (χ2n) is 3.66. The molecule has 78 valence electrons. The molecule has 0 saturated carbocycles. The molecule has 0 bridgehead atoms. The Hall–Kier alpha value is -0.580. The van der Waals surface area contributed by atoms with Gasteiger partial charge in [-0.05, 0) is 29.7 Å². The zero-order valence-corrected chi connectivity index (χ0v) is 10.0. The van der Waals surface area contributed by atoms with Gasteiger partial charge in [0, 0.05) is 10.2 Å². The van der Waals surface area contributed by atoms with Gasteiger partial charge in [0.25, 0.3) is 0 Å². The van der Waals surface area contributed by atoms with Crippen molar-refractivity contribution in [3.63, 3.8) is 0 Å². The molecule has 0 radical (unpaired) electrons. The molecule has 0 saturated heterocycles. The summed E-state index contributed by atoms with van der Waals surface area (Å²) < 4.78 is 1.02. The van der Waals surface area contributed by atoms with Crippen LogP contribution in [0.3, 0.4) is 0 Å². The Morgan fingerprint density at radius 2 is 2.00 bits per heavy atom. The number of nitrogens with two attached hydrogens (primary N) is 2. The van der Waals surface area contributed by atoms with Crippen molar-refractivity contribution in [2.45, 2.75) is 19.9 Å². The van der Waals surface area contributed by atoms with Crippen LogP contribution < -0.4 is 17.0 Å². The van der Waals surface area contributed by atoms with Crippen LogP contribution in [0.5, 0.6) is 0 Å². The topological polar surface area (TPSA) is 64.1 Å². The quantitative estimate of drug-likeness (QED) is 0.442. The van der Waals surface area contributed by atoms with Crippen molar-refractivity contribution in [2.75, 3.05) is 5.73 Å². The summed E-state index contributed by atoms with van der Waals surface area (Å²) in [6.45, 7) is 4.20. The van der Waals surface area contributed by atoms with Gasteiger partial charge in [0.1, 0.15) is 0 Å². The first kappa shape index (κ1) is 11.5. The number of hydrogen-bond donors (Lipinski definition) is 3. The Balaban J connectivity index is 3.08. The first-order valence-electron chi connectivity index (χ1n) is 4.57. The first-order chi connectivity index (χ1) is 6.56. The van der Waals surface area contributed by atoms with Crippen LogP contribution >= 0.6 is 15.9 Å². The number of nitrogens with one attached hydrogen (secondary N) is 1. The van der Waals surface area contributed by atoms with Crippen molar-refractivity contribution in [1.29, 1.82) is 0 Å². The van der Waals surface area contributed by atoms with E-state index in [1.165, 1.54) is 0 Å². The molecule has 0 aliphatic carbocycles. The van der Waals surface area contributed by atoms with Crippen LogP contribution in [-0.2, 0) is 0 Å². The summed E-state index contributed by atoms with van der Waals surface area (Å²) in [6, 6.07) is 5.89. The molecule has 5 N–H and O–H groups in total. The van der Waals surface area contributed by atoms with Crippen molar-refractivity contribution in [2.24, 2.45) is 11.8 Å². The van der Waals surface area contributed by atoms with Crippen LogP contribution in [0.4, 0.5) is 5.69 Å². The van der Waals surface area contributed by atoms with Crippen LogP contribution in [-0.4, -0.2) is 0 Å². The van der Waals surface area contributed by atoms with E-state index in [1.54, 1.807) is 0 Å². The predicted octanol–water partition coefficient (Wildman–Crippen LogP) is 2.19. The smallest absolute Gasteiger partial charge is 0.0503 e. The van der Waals surface area contributed by atoms with E-state index >= 15 is 0 Å². The number of anilines is 1. The highest BCUT2D eigenvalue weighted by molar-refractivity contribution is 9.10. The molecular formula is C10H16BrN3. The fourth-order valence-corrected chi connectivity index (χ4v) is 1.84. The van der Waals surface area contributed by atoms with Crippen molar-refractivity contribution >= 4 is 21.6 Å². The maximum absolute atomic E-state index is 5.89. The zero-order valence-electron chi connectivity index (χ0n) is 8.42. The minimum atomic E-state index is 0.0903. The maximum Gasteiger partial charge on any atom is 0.0503 e. The van der Waals surface area contributed by atoms with E-state index in [1.807, 2.05) is 18.2 Å². The molecule has 1 atom stereocenters. The van der Waals surface area contributed by atoms with Crippen molar-refractivity contribution < 1.29 is 0 Å². The monoisotopic (exact) mass is 257 g/mol. The average Bonchev–Trinajstić information content (AvgIpc) is 2.11. The van der Waals surface area contributed by atoms with Gasteiger partial charge in [-0.15, -0.1) is 0 Å². The summed E-state index contributed by atoms with van der Waals surface area (Å²) in [4.78, 5) is 0. The maximum atomic E-state index is 5.89. The third-order valence-electron chi connectivity index (χ3n) is 2.23. The number of halogens is 1. The lowest BCUT2D eigenvalue weighted by atomic mass is 9.95. The lowest BCUT2D eigenvalue weighted by Gasteiger charge is -2.22. The molecule has 0 aliphatic heterocycles. The summed E-state index contributed by atoms with van der Waals surface area (Å²) in [7, 11) is 0. The van der Waals surface area contributed by atoms with E-state index in [9.17, 15) is 0 Å². The Bertz CT molecular complexity index is 312. The van der Waals surface area contributed by atoms with Gasteiger partial charge in [-0.1, -0.05) is 29.8 Å². The van der Waals surface area contributed by atoms with Gasteiger partial charge in [-0.2, -0.15) is 0 Å². The Morgan fingerprint density at radius 3 is 2.50 bits per heavy atom. The Morgan fingerprint density at radius 1 is 1.36 bits per heavy atom. The lowest BCUT2D eigenvalue weighted by molar-refractivity contribution is 0.422. The highest BCUT2D eigenvalue weighted by atomic mass is 79.9. The molecule has 0 amide bonds. The minimum absolute atomic E-state index is 0.0903. The minimum Gasteiger partial charge on any atom is -0.398 e. The summed E-state index contributed by atoms with van der Waals surface area (Å²) in [5, 5.41) is 0. The summed E-state index contributed by atoms with van der Waals surface area (Å²) in [5.41, 5.74) is 10.5. The molecule has 14 heavy (non-hydrogen) atoms. The summed E-state index contributed by atoms with van der Waals surface area (Å²) >= 11 is 3.42. The molecular weight excluding hydrogens is 242 g/mol. The lowest BCUT2D eigenvalue weighted by Crippen LogP contribution is -2.32. The van der Waals surface area contributed by atoms with E-state index in [4.69, 9.17) is 11.6 Å². The molecule has 1 rings (SSSR count). The van der Waals surface area contributed by atoms with E-state index in [0.29, 0.717) is 5.92 Å². The van der Waals surface area contributed by atoms with Gasteiger partial charge in [-0.3, -0.25) is 11.3 Å². The number of nitrogen functional groups attached to an aromatic ring is 1. The average molecular weight is 258 g/mol. The van der Waals surface area contributed by atoms with E-state index in [-0.39, 0.29) is 6.04 Å². The molecule has 0 fully saturated rings. The van der Waals surface area contributed by atoms with Crippen LogP contribution in [0.25, 0.3) is 0 Å². The first-order valence-corrected chi connectivity index (χ1v) is 5.36. The standard InChI is InChI=1S/C10H16BrN3/c1-6(2)10(14-13)8-5-7(11)3-4-9(8)12/h3-6,10,14H,12-13H2,1-2H3. The second kappa shape index (κ2) is 4.77. The highest BCUT2D eigenvalue weighted by Gasteiger charge is 2.16. The number of hydrazine groups is 1. The molecule has 0 aliphatic rings. The fourth-order valence-electron chi connectivity index (χ4n) is 1.46. The summed E-state index contributed by atoms with van der Waals surface area (Å²) in [6.07, 6.45) is 0. The van der Waals surface area contributed by atoms with Gasteiger partial charge in [0.15, 0.2) is 0 Å². The largest absolute Gasteiger partial charge is 0.398 e. The fraction of sp³-hybridized carbons (Fsp3) is 0.400. The zero-order chi connectivity index (χ0) is 10.7. The molecule has 3 nitrogen and oxygen atoms in total. The van der Waals surface area contributed by atoms with E-state index < -0.39 is 0 Å². The Labute approximate surface area is 93.0 Å². The van der Waals surface area contributed by atoms with Gasteiger partial charge in [0.05, 0.1) is 6.04 Å². The molecule has 0 heterocycles. The number of hydrogen-bond acceptors (Lipinski definition) is 3. The molecule has 1 unspecified atom stereocenters. The molecule has 1 aromatic carbocycles. The van der Waals surface area contributed by atoms with E-state index in [2.05, 4.69) is 35.2 Å². The summed E-state index contributed by atoms with van der Waals surface area (Å²) in [5.74, 6) is 5.90. The van der Waals surface area contributed by atoms with Crippen LogP contribution in [0, 0.1) is 5.92 Å². The van der Waals surface area contributed by atoms with Gasteiger partial charge < -0.3 is 5.73 Å². The van der Waals surface area contributed by atoms with Crippen LogP contribution in [0.1, 0.15) is 25.5 Å². The van der Waals surface area contributed by atoms with Gasteiger partial charge in [0.2, 0.25) is 0 Å². The van der Waals surface area contributed by atoms with E-state index in [0.717, 1.165) is 15.7 Å². The van der Waals surface area contributed by atoms with Crippen molar-refractivity contribution in [3.8, 4) is 0 Å².